The summed E-state index contributed by atoms with van der Waals surface area (Å²) in [6, 6.07) is 15.0. The number of hydroxylamine groups is 1. The number of hydrogen-bond acceptors (Lipinski definition) is 7. The lowest BCUT2D eigenvalue weighted by Crippen LogP contribution is -2.44. The molecule has 0 saturated carbocycles. The Bertz CT molecular complexity index is 1250. The lowest BCUT2D eigenvalue weighted by Gasteiger charge is -2.26. The van der Waals surface area contributed by atoms with E-state index in [1.807, 2.05) is 38.1 Å². The predicted molar refractivity (Wildman–Crippen MR) is 136 cm³/mol. The zero-order chi connectivity index (χ0) is 26.3. The standard InChI is InChI=1S/C26H33N3O6S/c1-6-28(7-2)36(31,32)29(35-21(5)30)18-22-10-14-24(15-11-22)33-17-16-25-20(4)34-26(27-25)23-12-8-19(3)9-13-23/h8-15H,6-7,16-18H2,1-5H3. The smallest absolute Gasteiger partial charge is 0.323 e. The van der Waals surface area contributed by atoms with Gasteiger partial charge in [0.05, 0.1) is 18.8 Å². The number of oxazole rings is 1. The highest BCUT2D eigenvalue weighted by atomic mass is 32.2. The minimum atomic E-state index is -3.96. The van der Waals surface area contributed by atoms with Gasteiger partial charge in [0, 0.05) is 32.0 Å². The van der Waals surface area contributed by atoms with Crippen LogP contribution in [0.3, 0.4) is 0 Å². The van der Waals surface area contributed by atoms with Gasteiger partial charge in [-0.2, -0.15) is 12.7 Å². The van der Waals surface area contributed by atoms with Crippen LogP contribution in [-0.2, 0) is 32.8 Å². The highest BCUT2D eigenvalue weighted by Crippen LogP contribution is 2.23. The normalized spacial score (nSPS) is 11.8. The van der Waals surface area contributed by atoms with Crippen molar-refractivity contribution in [1.82, 2.24) is 13.8 Å². The molecule has 36 heavy (non-hydrogen) atoms. The molecule has 0 aliphatic heterocycles. The molecule has 0 bridgehead atoms. The number of aryl methyl sites for hydroxylation is 2. The molecule has 10 heteroatoms. The maximum Gasteiger partial charge on any atom is 0.323 e. The fourth-order valence-corrected chi connectivity index (χ4v) is 4.99. The second-order valence-electron chi connectivity index (χ2n) is 8.27. The molecule has 0 amide bonds. The van der Waals surface area contributed by atoms with E-state index >= 15 is 0 Å². The van der Waals surface area contributed by atoms with Crippen LogP contribution in [0.1, 0.15) is 43.4 Å². The molecule has 9 nitrogen and oxygen atoms in total. The third-order valence-corrected chi connectivity index (χ3v) is 7.44. The molecule has 0 aliphatic carbocycles. The Morgan fingerprint density at radius 1 is 1.00 bits per heavy atom. The molecule has 194 valence electrons. The summed E-state index contributed by atoms with van der Waals surface area (Å²) in [6.45, 7) is 9.35. The Hall–Kier alpha value is -3.21. The van der Waals surface area contributed by atoms with E-state index in [0.29, 0.717) is 30.2 Å². The first-order valence-electron chi connectivity index (χ1n) is 11.9. The molecule has 0 fully saturated rings. The van der Waals surface area contributed by atoms with E-state index < -0.39 is 16.2 Å². The first-order valence-corrected chi connectivity index (χ1v) is 13.2. The number of hydrogen-bond donors (Lipinski definition) is 0. The van der Waals surface area contributed by atoms with E-state index in [-0.39, 0.29) is 19.6 Å². The van der Waals surface area contributed by atoms with Crippen LogP contribution >= 0.6 is 0 Å². The third kappa shape index (κ3) is 6.93. The van der Waals surface area contributed by atoms with Crippen molar-refractivity contribution in [2.75, 3.05) is 19.7 Å². The number of carbonyl (C=O) groups excluding carboxylic acids is 1. The van der Waals surface area contributed by atoms with Gasteiger partial charge >= 0.3 is 16.2 Å². The van der Waals surface area contributed by atoms with Gasteiger partial charge in [0.15, 0.2) is 0 Å². The second kappa shape index (κ2) is 12.2. The average molecular weight is 516 g/mol. The molecule has 0 aliphatic rings. The maximum absolute atomic E-state index is 12.8. The number of ether oxygens (including phenoxy) is 1. The van der Waals surface area contributed by atoms with Gasteiger partial charge in [-0.1, -0.05) is 43.7 Å². The van der Waals surface area contributed by atoms with Crippen molar-refractivity contribution in [2.45, 2.75) is 47.6 Å². The van der Waals surface area contributed by atoms with Crippen LogP contribution in [0.2, 0.25) is 0 Å². The van der Waals surface area contributed by atoms with Crippen molar-refractivity contribution >= 4 is 16.2 Å². The minimum absolute atomic E-state index is 0.112. The van der Waals surface area contributed by atoms with E-state index in [0.717, 1.165) is 21.5 Å². The molecule has 0 radical (unpaired) electrons. The van der Waals surface area contributed by atoms with Gasteiger partial charge in [0.25, 0.3) is 0 Å². The first kappa shape index (κ1) is 27.4. The zero-order valence-electron chi connectivity index (χ0n) is 21.4. The molecule has 0 saturated heterocycles. The Kier molecular flexibility index (Phi) is 9.25. The van der Waals surface area contributed by atoms with Gasteiger partial charge in [0.1, 0.15) is 11.5 Å². The lowest BCUT2D eigenvalue weighted by molar-refractivity contribution is -0.168. The summed E-state index contributed by atoms with van der Waals surface area (Å²) in [5, 5.41) is 0. The van der Waals surface area contributed by atoms with Crippen LogP contribution in [0.15, 0.2) is 52.9 Å². The van der Waals surface area contributed by atoms with Crippen LogP contribution < -0.4 is 4.74 Å². The number of benzene rings is 2. The van der Waals surface area contributed by atoms with Crippen molar-refractivity contribution in [3.05, 3.63) is 71.1 Å². The third-order valence-electron chi connectivity index (χ3n) is 5.55. The van der Waals surface area contributed by atoms with Gasteiger partial charge < -0.3 is 14.0 Å². The summed E-state index contributed by atoms with van der Waals surface area (Å²) >= 11 is 0. The van der Waals surface area contributed by atoms with Gasteiger partial charge in [0.2, 0.25) is 5.89 Å². The fraction of sp³-hybridized carbons (Fsp3) is 0.385. The summed E-state index contributed by atoms with van der Waals surface area (Å²) in [7, 11) is -3.96. The first-order chi connectivity index (χ1) is 17.1. The fourth-order valence-electron chi connectivity index (χ4n) is 3.57. The predicted octanol–water partition coefficient (Wildman–Crippen LogP) is 4.45. The van der Waals surface area contributed by atoms with Gasteiger partial charge in [-0.3, -0.25) is 4.79 Å². The highest BCUT2D eigenvalue weighted by molar-refractivity contribution is 7.86. The Morgan fingerprint density at radius 3 is 2.22 bits per heavy atom. The quantitative estimate of drug-likeness (QED) is 0.329. The Labute approximate surface area is 212 Å². The number of rotatable bonds is 12. The van der Waals surface area contributed by atoms with Crippen LogP contribution in [0.5, 0.6) is 5.75 Å². The van der Waals surface area contributed by atoms with Gasteiger partial charge in [-0.25, -0.2) is 4.98 Å². The van der Waals surface area contributed by atoms with Crippen molar-refractivity contribution in [1.29, 1.82) is 0 Å². The van der Waals surface area contributed by atoms with E-state index in [9.17, 15) is 13.2 Å². The van der Waals surface area contributed by atoms with Crippen molar-refractivity contribution in [2.24, 2.45) is 0 Å². The maximum atomic E-state index is 12.8. The van der Waals surface area contributed by atoms with Gasteiger partial charge in [-0.15, -0.1) is 0 Å². The van der Waals surface area contributed by atoms with E-state index in [2.05, 4.69) is 4.98 Å². The summed E-state index contributed by atoms with van der Waals surface area (Å²) in [5.74, 6) is 1.26. The van der Waals surface area contributed by atoms with Crippen molar-refractivity contribution in [3.8, 4) is 17.2 Å². The molecule has 3 rings (SSSR count). The Morgan fingerprint density at radius 2 is 1.64 bits per heavy atom. The molecule has 1 aromatic heterocycles. The number of nitrogens with zero attached hydrogens (tertiary/aromatic N) is 3. The SMILES string of the molecule is CCN(CC)S(=O)(=O)N(Cc1ccc(OCCc2nc(-c3ccc(C)cc3)oc2C)cc1)OC(C)=O. The van der Waals surface area contributed by atoms with Crippen LogP contribution in [0.25, 0.3) is 11.5 Å². The molecule has 0 unspecified atom stereocenters. The molecule has 0 spiro atoms. The molecular weight excluding hydrogens is 482 g/mol. The molecular formula is C26H33N3O6S. The van der Waals surface area contributed by atoms with Gasteiger partial charge in [-0.05, 0) is 48.1 Å². The van der Waals surface area contributed by atoms with E-state index in [4.69, 9.17) is 14.0 Å². The topological polar surface area (TPSA) is 102 Å². The molecule has 2 aromatic carbocycles. The Balaban J connectivity index is 1.60. The van der Waals surface area contributed by atoms with Crippen molar-refractivity contribution in [3.63, 3.8) is 0 Å². The molecule has 0 atom stereocenters. The molecule has 0 N–H and O–H groups in total. The molecule has 1 heterocycles. The molecule has 3 aromatic rings. The summed E-state index contributed by atoms with van der Waals surface area (Å²) in [4.78, 5) is 21.1. The van der Waals surface area contributed by atoms with Crippen LogP contribution in [0, 0.1) is 13.8 Å². The largest absolute Gasteiger partial charge is 0.493 e. The summed E-state index contributed by atoms with van der Waals surface area (Å²) in [6.07, 6.45) is 0.575. The minimum Gasteiger partial charge on any atom is -0.493 e. The summed E-state index contributed by atoms with van der Waals surface area (Å²) in [5.41, 5.74) is 3.58. The lowest BCUT2D eigenvalue weighted by atomic mass is 10.1. The highest BCUT2D eigenvalue weighted by Gasteiger charge is 2.30. The number of carbonyl (C=O) groups is 1. The van der Waals surface area contributed by atoms with E-state index in [1.165, 1.54) is 16.8 Å². The average Bonchev–Trinajstić information content (AvgIpc) is 3.21. The van der Waals surface area contributed by atoms with Crippen molar-refractivity contribution < 1.29 is 27.2 Å². The van der Waals surface area contributed by atoms with Crippen LogP contribution in [0.4, 0.5) is 0 Å². The second-order valence-corrected chi connectivity index (χ2v) is 10.1. The number of aromatic nitrogens is 1. The zero-order valence-corrected chi connectivity index (χ0v) is 22.2. The monoisotopic (exact) mass is 515 g/mol. The summed E-state index contributed by atoms with van der Waals surface area (Å²) < 4.78 is 39.3. The van der Waals surface area contributed by atoms with E-state index in [1.54, 1.807) is 38.1 Å². The van der Waals surface area contributed by atoms with Crippen LogP contribution in [-0.4, -0.2) is 47.8 Å².